The van der Waals surface area contributed by atoms with E-state index in [1.165, 1.54) is 5.56 Å². The molecule has 1 aliphatic heterocycles. The Morgan fingerprint density at radius 1 is 1.00 bits per heavy atom. The van der Waals surface area contributed by atoms with E-state index in [0.717, 1.165) is 22.0 Å². The average molecular weight is 490 g/mol. The molecule has 1 saturated heterocycles. The van der Waals surface area contributed by atoms with Crippen LogP contribution in [0.5, 0.6) is 5.75 Å². The Hall–Kier alpha value is -3.45. The van der Waals surface area contributed by atoms with Gasteiger partial charge in [-0.1, -0.05) is 38.1 Å². The Morgan fingerprint density at radius 2 is 1.66 bits per heavy atom. The van der Waals surface area contributed by atoms with Crippen molar-refractivity contribution in [2.75, 3.05) is 26.2 Å². The number of aryl methyl sites for hydroxylation is 1. The van der Waals surface area contributed by atoms with Crippen LogP contribution in [0.4, 0.5) is 0 Å². The van der Waals surface area contributed by atoms with Gasteiger partial charge in [-0.05, 0) is 54.3 Å². The lowest BCUT2D eigenvalue weighted by atomic mass is 10.0. The molecule has 1 aromatic heterocycles. The standard InChI is InChI=1S/C28H31N3O3S/c1-20(2)23-7-9-24(10-8-23)28(33)31-16-14-30(15-17-31)27(32)13-6-22-4-11-26(12-5-22)34-18-25-19-35-21(3)29-25/h4-13,19-20H,14-18H2,1-3H3/b13-6+. The minimum Gasteiger partial charge on any atom is -0.487 e. The van der Waals surface area contributed by atoms with Gasteiger partial charge >= 0.3 is 0 Å². The summed E-state index contributed by atoms with van der Waals surface area (Å²) in [5, 5.41) is 3.02. The van der Waals surface area contributed by atoms with Gasteiger partial charge in [0.15, 0.2) is 0 Å². The summed E-state index contributed by atoms with van der Waals surface area (Å²) in [5.74, 6) is 1.18. The highest BCUT2D eigenvalue weighted by molar-refractivity contribution is 7.09. The number of hydrogen-bond donors (Lipinski definition) is 0. The van der Waals surface area contributed by atoms with E-state index in [9.17, 15) is 9.59 Å². The largest absolute Gasteiger partial charge is 0.487 e. The number of ether oxygens (including phenoxy) is 1. The Kier molecular flexibility index (Phi) is 7.98. The van der Waals surface area contributed by atoms with Crippen molar-refractivity contribution >= 4 is 29.2 Å². The van der Waals surface area contributed by atoms with Crippen LogP contribution >= 0.6 is 11.3 Å². The average Bonchev–Trinajstić information content (AvgIpc) is 3.31. The molecule has 7 heteroatoms. The van der Waals surface area contributed by atoms with Crippen molar-refractivity contribution in [1.82, 2.24) is 14.8 Å². The Bertz CT molecular complexity index is 1170. The summed E-state index contributed by atoms with van der Waals surface area (Å²) in [6.07, 6.45) is 3.40. The maximum absolute atomic E-state index is 12.8. The molecule has 0 atom stereocenters. The first-order chi connectivity index (χ1) is 16.9. The van der Waals surface area contributed by atoms with E-state index in [1.54, 1.807) is 22.3 Å². The molecule has 182 valence electrons. The molecule has 2 heterocycles. The van der Waals surface area contributed by atoms with Gasteiger partial charge in [0.1, 0.15) is 12.4 Å². The Balaban J connectivity index is 1.24. The monoisotopic (exact) mass is 489 g/mol. The van der Waals surface area contributed by atoms with E-state index >= 15 is 0 Å². The van der Waals surface area contributed by atoms with E-state index in [1.807, 2.05) is 71.8 Å². The van der Waals surface area contributed by atoms with Crippen LogP contribution in [-0.4, -0.2) is 52.8 Å². The first kappa shape index (κ1) is 24.7. The number of carbonyl (C=O) groups is 2. The molecule has 0 radical (unpaired) electrons. The van der Waals surface area contributed by atoms with E-state index in [0.29, 0.717) is 44.3 Å². The normalized spacial score (nSPS) is 14.1. The van der Waals surface area contributed by atoms with Crippen LogP contribution in [0.1, 0.15) is 52.0 Å². The van der Waals surface area contributed by atoms with E-state index in [4.69, 9.17) is 4.74 Å². The summed E-state index contributed by atoms with van der Waals surface area (Å²) >= 11 is 1.61. The zero-order valence-corrected chi connectivity index (χ0v) is 21.3. The number of carbonyl (C=O) groups excluding carboxylic acids is 2. The highest BCUT2D eigenvalue weighted by Gasteiger charge is 2.24. The number of benzene rings is 2. The van der Waals surface area contributed by atoms with Gasteiger partial charge in [-0.25, -0.2) is 4.98 Å². The Labute approximate surface area is 210 Å². The lowest BCUT2D eigenvalue weighted by Gasteiger charge is -2.34. The highest BCUT2D eigenvalue weighted by Crippen LogP contribution is 2.18. The van der Waals surface area contributed by atoms with Crippen molar-refractivity contribution in [2.24, 2.45) is 0 Å². The molecule has 0 bridgehead atoms. The fourth-order valence-corrected chi connectivity index (χ4v) is 4.50. The number of rotatable bonds is 7. The van der Waals surface area contributed by atoms with Crippen LogP contribution in [-0.2, 0) is 11.4 Å². The summed E-state index contributed by atoms with van der Waals surface area (Å²) in [7, 11) is 0. The predicted octanol–water partition coefficient (Wildman–Crippen LogP) is 5.15. The second-order valence-electron chi connectivity index (χ2n) is 8.94. The van der Waals surface area contributed by atoms with Gasteiger partial charge in [-0.15, -0.1) is 11.3 Å². The van der Waals surface area contributed by atoms with Gasteiger partial charge in [0.2, 0.25) is 5.91 Å². The summed E-state index contributed by atoms with van der Waals surface area (Å²) in [5.41, 5.74) is 3.77. The van der Waals surface area contributed by atoms with Gasteiger partial charge in [-0.3, -0.25) is 9.59 Å². The SMILES string of the molecule is Cc1nc(COc2ccc(/C=C/C(=O)N3CCN(C(=O)c4ccc(C(C)C)cc4)CC3)cc2)cs1. The molecule has 35 heavy (non-hydrogen) atoms. The summed E-state index contributed by atoms with van der Waals surface area (Å²) < 4.78 is 5.77. The lowest BCUT2D eigenvalue weighted by molar-refractivity contribution is -0.127. The van der Waals surface area contributed by atoms with Gasteiger partial charge in [0, 0.05) is 43.2 Å². The number of nitrogens with zero attached hydrogens (tertiary/aromatic N) is 3. The van der Waals surface area contributed by atoms with Crippen LogP contribution < -0.4 is 4.74 Å². The third kappa shape index (κ3) is 6.57. The third-order valence-electron chi connectivity index (χ3n) is 6.05. The second kappa shape index (κ2) is 11.3. The smallest absolute Gasteiger partial charge is 0.253 e. The predicted molar refractivity (Wildman–Crippen MR) is 140 cm³/mol. The fourth-order valence-electron chi connectivity index (χ4n) is 3.90. The molecule has 2 amide bonds. The number of piperazine rings is 1. The molecular weight excluding hydrogens is 458 g/mol. The first-order valence-electron chi connectivity index (χ1n) is 11.9. The molecule has 0 unspecified atom stereocenters. The van der Waals surface area contributed by atoms with Crippen molar-refractivity contribution in [2.45, 2.75) is 33.3 Å². The molecule has 0 spiro atoms. The quantitative estimate of drug-likeness (QED) is 0.431. The highest BCUT2D eigenvalue weighted by atomic mass is 32.1. The van der Waals surface area contributed by atoms with Gasteiger partial charge in [0.05, 0.1) is 10.7 Å². The zero-order valence-electron chi connectivity index (χ0n) is 20.4. The maximum atomic E-state index is 12.8. The van der Waals surface area contributed by atoms with Crippen molar-refractivity contribution in [3.8, 4) is 5.75 Å². The van der Waals surface area contributed by atoms with Crippen LogP contribution in [0, 0.1) is 6.92 Å². The number of aromatic nitrogens is 1. The van der Waals surface area contributed by atoms with E-state index in [2.05, 4.69) is 18.8 Å². The van der Waals surface area contributed by atoms with Gasteiger partial charge in [0.25, 0.3) is 5.91 Å². The molecule has 6 nitrogen and oxygen atoms in total. The van der Waals surface area contributed by atoms with Crippen molar-refractivity contribution in [3.05, 3.63) is 87.4 Å². The fraction of sp³-hybridized carbons (Fsp3) is 0.321. The van der Waals surface area contributed by atoms with Crippen LogP contribution in [0.2, 0.25) is 0 Å². The summed E-state index contributed by atoms with van der Waals surface area (Å²) in [6.45, 7) is 8.82. The minimum absolute atomic E-state index is 0.0233. The third-order valence-corrected chi connectivity index (χ3v) is 6.88. The number of thiazole rings is 1. The molecule has 1 aliphatic rings. The zero-order chi connectivity index (χ0) is 24.8. The molecule has 1 fully saturated rings. The van der Waals surface area contributed by atoms with Crippen molar-refractivity contribution in [3.63, 3.8) is 0 Å². The lowest BCUT2D eigenvalue weighted by Crippen LogP contribution is -2.50. The number of amides is 2. The summed E-state index contributed by atoms with van der Waals surface area (Å²) in [6, 6.07) is 15.5. The molecule has 4 rings (SSSR count). The van der Waals surface area contributed by atoms with E-state index < -0.39 is 0 Å². The van der Waals surface area contributed by atoms with Crippen LogP contribution in [0.25, 0.3) is 6.08 Å². The Morgan fingerprint density at radius 3 is 2.26 bits per heavy atom. The molecule has 3 aromatic rings. The molecule has 0 saturated carbocycles. The molecule has 0 aliphatic carbocycles. The topological polar surface area (TPSA) is 62.7 Å². The molecule has 0 N–H and O–H groups in total. The second-order valence-corrected chi connectivity index (χ2v) is 10.0. The maximum Gasteiger partial charge on any atom is 0.253 e. The van der Waals surface area contributed by atoms with Crippen LogP contribution in [0.3, 0.4) is 0 Å². The minimum atomic E-state index is -0.0439. The van der Waals surface area contributed by atoms with Crippen molar-refractivity contribution < 1.29 is 14.3 Å². The molecule has 2 aromatic carbocycles. The van der Waals surface area contributed by atoms with Crippen molar-refractivity contribution in [1.29, 1.82) is 0 Å². The van der Waals surface area contributed by atoms with Gasteiger partial charge in [-0.2, -0.15) is 0 Å². The van der Waals surface area contributed by atoms with Crippen LogP contribution in [0.15, 0.2) is 60.0 Å². The van der Waals surface area contributed by atoms with E-state index in [-0.39, 0.29) is 11.8 Å². The number of hydrogen-bond acceptors (Lipinski definition) is 5. The summed E-state index contributed by atoms with van der Waals surface area (Å²) in [4.78, 5) is 33.5. The van der Waals surface area contributed by atoms with Gasteiger partial charge < -0.3 is 14.5 Å². The first-order valence-corrected chi connectivity index (χ1v) is 12.8. The molecular formula is C28H31N3O3S.